The van der Waals surface area contributed by atoms with Crippen molar-refractivity contribution >= 4 is 17.8 Å². The zero-order chi connectivity index (χ0) is 17.7. The van der Waals surface area contributed by atoms with E-state index in [4.69, 9.17) is 0 Å². The summed E-state index contributed by atoms with van der Waals surface area (Å²) >= 11 is 1.70. The van der Waals surface area contributed by atoms with Crippen LogP contribution < -0.4 is 5.32 Å². The number of carbonyl (C=O) groups excluding carboxylic acids is 1. The minimum absolute atomic E-state index is 0.0714. The molecule has 1 aromatic heterocycles. The Morgan fingerprint density at radius 2 is 2.12 bits per heavy atom. The number of aromatic nitrogens is 2. The lowest BCUT2D eigenvalue weighted by Crippen LogP contribution is -2.39. The van der Waals surface area contributed by atoms with Crippen molar-refractivity contribution in [2.24, 2.45) is 0 Å². The number of thioether (sulfide) groups is 1. The predicted molar refractivity (Wildman–Crippen MR) is 99.5 cm³/mol. The molecule has 1 N–H and O–H groups in total. The van der Waals surface area contributed by atoms with Gasteiger partial charge in [0.2, 0.25) is 0 Å². The van der Waals surface area contributed by atoms with Gasteiger partial charge in [-0.05, 0) is 50.8 Å². The number of hydrogen-bond acceptors (Lipinski definition) is 3. The predicted octanol–water partition coefficient (Wildman–Crippen LogP) is 3.62. The first-order valence-electron chi connectivity index (χ1n) is 8.05. The average Bonchev–Trinajstić information content (AvgIpc) is 2.90. The number of hydrogen-bond donors (Lipinski definition) is 1. The maximum absolute atomic E-state index is 12.3. The Morgan fingerprint density at radius 3 is 2.75 bits per heavy atom. The number of amides is 2. The lowest BCUT2D eigenvalue weighted by Gasteiger charge is -2.21. The molecule has 0 unspecified atom stereocenters. The summed E-state index contributed by atoms with van der Waals surface area (Å²) in [6.07, 6.45) is 2.05. The first kappa shape index (κ1) is 18.4. The third-order valence-electron chi connectivity index (χ3n) is 3.91. The molecule has 0 aliphatic heterocycles. The van der Waals surface area contributed by atoms with Gasteiger partial charge in [-0.3, -0.25) is 4.68 Å². The molecule has 0 spiro atoms. The highest BCUT2D eigenvalue weighted by Gasteiger charge is 2.13. The Kier molecular flexibility index (Phi) is 6.31. The SMILES string of the molecule is CSc1cccc(CN(C)C(=O)NC[C@H](C)n2nc(C)cc2C)c1. The number of aryl methyl sites for hydroxylation is 2. The van der Waals surface area contributed by atoms with Crippen molar-refractivity contribution < 1.29 is 4.79 Å². The van der Waals surface area contributed by atoms with E-state index in [-0.39, 0.29) is 12.1 Å². The summed E-state index contributed by atoms with van der Waals surface area (Å²) in [6.45, 7) is 7.21. The minimum Gasteiger partial charge on any atom is -0.336 e. The number of benzene rings is 1. The Balaban J connectivity index is 1.88. The molecule has 0 radical (unpaired) electrons. The average molecular weight is 347 g/mol. The summed E-state index contributed by atoms with van der Waals surface area (Å²) in [4.78, 5) is 15.2. The highest BCUT2D eigenvalue weighted by atomic mass is 32.2. The van der Waals surface area contributed by atoms with Crippen LogP contribution in [0.2, 0.25) is 0 Å². The number of urea groups is 1. The highest BCUT2D eigenvalue weighted by Crippen LogP contribution is 2.16. The fourth-order valence-corrected chi connectivity index (χ4v) is 3.15. The Labute approximate surface area is 148 Å². The van der Waals surface area contributed by atoms with Crippen molar-refractivity contribution in [1.29, 1.82) is 0 Å². The maximum atomic E-state index is 12.3. The van der Waals surface area contributed by atoms with Crippen LogP contribution in [0.15, 0.2) is 35.2 Å². The third kappa shape index (κ3) is 4.77. The van der Waals surface area contributed by atoms with Gasteiger partial charge in [-0.1, -0.05) is 12.1 Å². The van der Waals surface area contributed by atoms with Gasteiger partial charge in [0.15, 0.2) is 0 Å². The van der Waals surface area contributed by atoms with Crippen LogP contribution in [-0.2, 0) is 6.54 Å². The quantitative estimate of drug-likeness (QED) is 0.813. The van der Waals surface area contributed by atoms with Crippen LogP contribution in [0.1, 0.15) is 29.9 Å². The van der Waals surface area contributed by atoms with E-state index >= 15 is 0 Å². The zero-order valence-corrected chi connectivity index (χ0v) is 15.9. The van der Waals surface area contributed by atoms with E-state index in [1.54, 1.807) is 16.7 Å². The molecular weight excluding hydrogens is 320 g/mol. The fourth-order valence-electron chi connectivity index (χ4n) is 2.67. The monoisotopic (exact) mass is 346 g/mol. The van der Waals surface area contributed by atoms with Crippen molar-refractivity contribution in [2.75, 3.05) is 19.8 Å². The maximum Gasteiger partial charge on any atom is 0.317 e. The molecule has 0 fully saturated rings. The molecular formula is C18H26N4OS. The van der Waals surface area contributed by atoms with Crippen molar-refractivity contribution in [2.45, 2.75) is 38.3 Å². The first-order valence-corrected chi connectivity index (χ1v) is 9.28. The van der Waals surface area contributed by atoms with E-state index in [0.29, 0.717) is 13.1 Å². The van der Waals surface area contributed by atoms with Crippen molar-refractivity contribution in [1.82, 2.24) is 20.0 Å². The Morgan fingerprint density at radius 1 is 1.38 bits per heavy atom. The van der Waals surface area contributed by atoms with Gasteiger partial charge in [-0.2, -0.15) is 5.10 Å². The number of carbonyl (C=O) groups is 1. The molecule has 5 nitrogen and oxygen atoms in total. The summed E-state index contributed by atoms with van der Waals surface area (Å²) in [6, 6.07) is 10.4. The van der Waals surface area contributed by atoms with Crippen LogP contribution in [0, 0.1) is 13.8 Å². The lowest BCUT2D eigenvalue weighted by atomic mass is 10.2. The van der Waals surface area contributed by atoms with Gasteiger partial charge in [0.05, 0.1) is 11.7 Å². The summed E-state index contributed by atoms with van der Waals surface area (Å²) in [5.74, 6) is 0. The second kappa shape index (κ2) is 8.24. The van der Waals surface area contributed by atoms with E-state index in [2.05, 4.69) is 35.7 Å². The molecule has 2 amide bonds. The molecule has 24 heavy (non-hydrogen) atoms. The first-order chi connectivity index (χ1) is 11.4. The smallest absolute Gasteiger partial charge is 0.317 e. The Hall–Kier alpha value is -1.95. The van der Waals surface area contributed by atoms with Crippen LogP contribution >= 0.6 is 11.8 Å². The molecule has 1 heterocycles. The van der Waals surface area contributed by atoms with E-state index in [1.807, 2.05) is 43.8 Å². The molecule has 2 rings (SSSR count). The van der Waals surface area contributed by atoms with E-state index in [9.17, 15) is 4.79 Å². The van der Waals surface area contributed by atoms with E-state index < -0.39 is 0 Å². The summed E-state index contributed by atoms with van der Waals surface area (Å²) in [5.41, 5.74) is 3.24. The van der Waals surface area contributed by atoms with Gasteiger partial charge in [0.1, 0.15) is 0 Å². The zero-order valence-electron chi connectivity index (χ0n) is 15.0. The molecule has 0 saturated heterocycles. The van der Waals surface area contributed by atoms with Crippen LogP contribution in [0.4, 0.5) is 4.79 Å². The lowest BCUT2D eigenvalue weighted by molar-refractivity contribution is 0.205. The topological polar surface area (TPSA) is 50.2 Å². The van der Waals surface area contributed by atoms with Crippen molar-refractivity contribution in [3.8, 4) is 0 Å². The molecule has 0 bridgehead atoms. The van der Waals surface area contributed by atoms with Gasteiger partial charge in [0.25, 0.3) is 0 Å². The van der Waals surface area contributed by atoms with Gasteiger partial charge in [-0.15, -0.1) is 11.8 Å². The van der Waals surface area contributed by atoms with Crippen LogP contribution in [0.25, 0.3) is 0 Å². The molecule has 0 saturated carbocycles. The largest absolute Gasteiger partial charge is 0.336 e. The molecule has 6 heteroatoms. The van der Waals surface area contributed by atoms with Crippen LogP contribution in [-0.4, -0.2) is 40.6 Å². The van der Waals surface area contributed by atoms with E-state index in [1.165, 1.54) is 4.90 Å². The summed E-state index contributed by atoms with van der Waals surface area (Å²) in [5, 5.41) is 7.46. The second-order valence-electron chi connectivity index (χ2n) is 6.11. The molecule has 2 aromatic rings. The van der Waals surface area contributed by atoms with Crippen LogP contribution in [0.5, 0.6) is 0 Å². The molecule has 0 aliphatic rings. The number of nitrogens with zero attached hydrogens (tertiary/aromatic N) is 3. The van der Waals surface area contributed by atoms with Gasteiger partial charge < -0.3 is 10.2 Å². The molecule has 0 aliphatic carbocycles. The number of rotatable bonds is 6. The summed E-state index contributed by atoms with van der Waals surface area (Å²) < 4.78 is 1.96. The normalized spacial score (nSPS) is 12.0. The van der Waals surface area contributed by atoms with Gasteiger partial charge in [-0.25, -0.2) is 4.79 Å². The fraction of sp³-hybridized carbons (Fsp3) is 0.444. The molecule has 130 valence electrons. The minimum atomic E-state index is -0.0714. The van der Waals surface area contributed by atoms with Crippen molar-refractivity contribution in [3.63, 3.8) is 0 Å². The standard InChI is InChI=1S/C18H26N4OS/c1-13-9-14(2)22(20-13)15(3)11-19-18(23)21(4)12-16-7-6-8-17(10-16)24-5/h6-10,15H,11-12H2,1-5H3,(H,19,23)/t15-/m0/s1. The summed E-state index contributed by atoms with van der Waals surface area (Å²) in [7, 11) is 1.81. The second-order valence-corrected chi connectivity index (χ2v) is 6.99. The Bertz CT molecular complexity index is 698. The molecule has 1 atom stereocenters. The number of nitrogens with one attached hydrogen (secondary N) is 1. The van der Waals surface area contributed by atoms with Crippen molar-refractivity contribution in [3.05, 3.63) is 47.3 Å². The molecule has 1 aromatic carbocycles. The van der Waals surface area contributed by atoms with Gasteiger partial charge >= 0.3 is 6.03 Å². The van der Waals surface area contributed by atoms with E-state index in [0.717, 1.165) is 17.0 Å². The van der Waals surface area contributed by atoms with Crippen LogP contribution in [0.3, 0.4) is 0 Å². The van der Waals surface area contributed by atoms with Gasteiger partial charge in [0, 0.05) is 30.7 Å². The highest BCUT2D eigenvalue weighted by molar-refractivity contribution is 7.98. The third-order valence-corrected chi connectivity index (χ3v) is 4.64.